The summed E-state index contributed by atoms with van der Waals surface area (Å²) in [5, 5.41) is 14.6. The van der Waals surface area contributed by atoms with Crippen LogP contribution in [0.2, 0.25) is 0 Å². The molecule has 1 aliphatic carbocycles. The third-order valence-corrected chi connectivity index (χ3v) is 4.66. The Morgan fingerprint density at radius 3 is 2.59 bits per heavy atom. The van der Waals surface area contributed by atoms with Crippen molar-refractivity contribution in [1.82, 2.24) is 15.6 Å². The molecule has 0 saturated heterocycles. The van der Waals surface area contributed by atoms with E-state index in [0.717, 1.165) is 19.3 Å². The highest BCUT2D eigenvalue weighted by atomic mass is 19.1. The minimum atomic E-state index is -0.531. The number of hydrogen-bond acceptors (Lipinski definition) is 4. The Balaban J connectivity index is 1.60. The number of hydrogen-bond donors (Lipinski definition) is 3. The summed E-state index contributed by atoms with van der Waals surface area (Å²) in [6, 6.07) is 9.40. The van der Waals surface area contributed by atoms with Gasteiger partial charge in [-0.3, -0.25) is 14.6 Å². The lowest BCUT2D eigenvalue weighted by Crippen LogP contribution is -2.46. The molecular weight excluding hydrogens is 349 g/mol. The molecule has 2 aromatic rings. The number of carbonyl (C=O) groups is 2. The van der Waals surface area contributed by atoms with Gasteiger partial charge in [0.25, 0.3) is 5.91 Å². The highest BCUT2D eigenvalue weighted by Gasteiger charge is 2.24. The fourth-order valence-electron chi connectivity index (χ4n) is 3.34. The molecule has 1 aliphatic rings. The third-order valence-electron chi connectivity index (χ3n) is 4.66. The predicted octanol–water partition coefficient (Wildman–Crippen LogP) is 2.04. The Labute approximate surface area is 156 Å². The summed E-state index contributed by atoms with van der Waals surface area (Å²) < 4.78 is 13.3. The lowest BCUT2D eigenvalue weighted by molar-refractivity contribution is -0.124. The Bertz CT molecular complexity index is 810. The smallest absolute Gasteiger partial charge is 0.253 e. The van der Waals surface area contributed by atoms with Crippen molar-refractivity contribution in [3.63, 3.8) is 0 Å². The molecule has 1 aromatic heterocycles. The van der Waals surface area contributed by atoms with E-state index in [1.807, 2.05) is 0 Å². The molecule has 7 heteroatoms. The van der Waals surface area contributed by atoms with Crippen molar-refractivity contribution in [3.8, 4) is 11.3 Å². The van der Waals surface area contributed by atoms with Crippen molar-refractivity contribution in [3.05, 3.63) is 54.0 Å². The second-order valence-corrected chi connectivity index (χ2v) is 6.70. The predicted molar refractivity (Wildman–Crippen MR) is 98.4 cm³/mol. The normalized spacial score (nSPS) is 19.3. The molecule has 2 amide bonds. The minimum Gasteiger partial charge on any atom is -0.387 e. The summed E-state index contributed by atoms with van der Waals surface area (Å²) in [6.07, 6.45) is 4.67. The summed E-state index contributed by atoms with van der Waals surface area (Å²) in [4.78, 5) is 28.0. The highest BCUT2D eigenvalue weighted by molar-refractivity contribution is 5.94. The number of aromatic nitrogens is 1. The average Bonchev–Trinajstić information content (AvgIpc) is 2.68. The first-order valence-corrected chi connectivity index (χ1v) is 8.98. The number of pyridine rings is 1. The van der Waals surface area contributed by atoms with E-state index in [2.05, 4.69) is 15.6 Å². The van der Waals surface area contributed by atoms with Gasteiger partial charge in [-0.25, -0.2) is 4.39 Å². The molecule has 6 nitrogen and oxygen atoms in total. The molecule has 3 rings (SSSR count). The zero-order valence-electron chi connectivity index (χ0n) is 14.8. The Morgan fingerprint density at radius 1 is 1.15 bits per heavy atom. The molecule has 1 fully saturated rings. The first kappa shape index (κ1) is 19.0. The number of halogens is 1. The van der Waals surface area contributed by atoms with Crippen LogP contribution in [0.1, 0.15) is 36.0 Å². The van der Waals surface area contributed by atoms with E-state index in [4.69, 9.17) is 5.11 Å². The zero-order chi connectivity index (χ0) is 19.2. The fourth-order valence-corrected chi connectivity index (χ4v) is 3.34. The van der Waals surface area contributed by atoms with Gasteiger partial charge in [-0.1, -0.05) is 12.1 Å². The maximum Gasteiger partial charge on any atom is 0.253 e. The first-order chi connectivity index (χ1) is 13.0. The second-order valence-electron chi connectivity index (χ2n) is 6.70. The van der Waals surface area contributed by atoms with E-state index in [0.29, 0.717) is 23.2 Å². The Kier molecular flexibility index (Phi) is 6.13. The Hall–Kier alpha value is -2.80. The lowest BCUT2D eigenvalue weighted by atomic mass is 9.90. The standard InChI is InChI=1S/C20H22FN3O3/c21-15-4-1-3-13(9-15)18-8-7-14(11-22-18)20(27)24-17-6-2-5-16(10-17)23-19(26)12-25/h1,3-4,7-9,11,16-17,25H,2,5-6,10,12H2,(H,23,26)(H,24,27)/t16-,17-/m0/s1. The number of rotatable bonds is 5. The topological polar surface area (TPSA) is 91.3 Å². The fraction of sp³-hybridized carbons (Fsp3) is 0.350. The molecule has 0 bridgehead atoms. The molecule has 142 valence electrons. The van der Waals surface area contributed by atoms with E-state index >= 15 is 0 Å². The number of nitrogens with one attached hydrogen (secondary N) is 2. The van der Waals surface area contributed by atoms with Crippen LogP contribution in [0.25, 0.3) is 11.3 Å². The largest absolute Gasteiger partial charge is 0.387 e. The summed E-state index contributed by atoms with van der Waals surface area (Å²) >= 11 is 0. The molecule has 3 N–H and O–H groups in total. The van der Waals surface area contributed by atoms with Crippen molar-refractivity contribution in [2.24, 2.45) is 0 Å². The van der Waals surface area contributed by atoms with E-state index in [1.165, 1.54) is 18.3 Å². The zero-order valence-corrected chi connectivity index (χ0v) is 14.8. The van der Waals surface area contributed by atoms with E-state index in [-0.39, 0.29) is 23.8 Å². The molecule has 0 aliphatic heterocycles. The van der Waals surface area contributed by atoms with E-state index in [9.17, 15) is 14.0 Å². The van der Waals surface area contributed by atoms with Gasteiger partial charge in [0.05, 0.1) is 11.3 Å². The van der Waals surface area contributed by atoms with Gasteiger partial charge < -0.3 is 15.7 Å². The van der Waals surface area contributed by atoms with Crippen molar-refractivity contribution < 1.29 is 19.1 Å². The van der Waals surface area contributed by atoms with Gasteiger partial charge in [0, 0.05) is 23.8 Å². The molecular formula is C20H22FN3O3. The molecule has 1 heterocycles. The van der Waals surface area contributed by atoms with E-state index in [1.54, 1.807) is 24.3 Å². The van der Waals surface area contributed by atoms with E-state index < -0.39 is 12.5 Å². The summed E-state index contributed by atoms with van der Waals surface area (Å²) in [7, 11) is 0. The van der Waals surface area contributed by atoms with Crippen molar-refractivity contribution in [2.75, 3.05) is 6.61 Å². The maximum absolute atomic E-state index is 13.3. The number of amides is 2. The molecule has 27 heavy (non-hydrogen) atoms. The molecule has 1 saturated carbocycles. The van der Waals surface area contributed by atoms with Gasteiger partial charge in [0.1, 0.15) is 12.4 Å². The van der Waals surface area contributed by atoms with Crippen molar-refractivity contribution in [1.29, 1.82) is 0 Å². The third kappa shape index (κ3) is 5.10. The summed E-state index contributed by atoms with van der Waals surface area (Å²) in [5.74, 6) is -0.965. The van der Waals surface area contributed by atoms with Crippen LogP contribution in [0, 0.1) is 5.82 Å². The van der Waals surface area contributed by atoms with Gasteiger partial charge in [-0.05, 0) is 49.9 Å². The Morgan fingerprint density at radius 2 is 1.93 bits per heavy atom. The van der Waals surface area contributed by atoms with Gasteiger partial charge in [0.15, 0.2) is 0 Å². The monoisotopic (exact) mass is 371 g/mol. The minimum absolute atomic E-state index is 0.0434. The summed E-state index contributed by atoms with van der Waals surface area (Å²) in [6.45, 7) is -0.531. The second kappa shape index (κ2) is 8.73. The van der Waals surface area contributed by atoms with Gasteiger partial charge >= 0.3 is 0 Å². The number of aliphatic hydroxyl groups excluding tert-OH is 1. The lowest BCUT2D eigenvalue weighted by Gasteiger charge is -2.30. The highest BCUT2D eigenvalue weighted by Crippen LogP contribution is 2.20. The first-order valence-electron chi connectivity index (χ1n) is 8.98. The molecule has 0 spiro atoms. The van der Waals surface area contributed by atoms with Crippen LogP contribution in [-0.2, 0) is 4.79 Å². The quantitative estimate of drug-likeness (QED) is 0.750. The van der Waals surface area contributed by atoms with Crippen LogP contribution < -0.4 is 10.6 Å². The number of carbonyl (C=O) groups excluding carboxylic acids is 2. The van der Waals surface area contributed by atoms with Gasteiger partial charge in [-0.2, -0.15) is 0 Å². The van der Waals surface area contributed by atoms with Crippen molar-refractivity contribution in [2.45, 2.75) is 37.8 Å². The number of aliphatic hydroxyl groups is 1. The molecule has 2 atom stereocenters. The van der Waals surface area contributed by atoms with Crippen LogP contribution >= 0.6 is 0 Å². The summed E-state index contributed by atoms with van der Waals surface area (Å²) in [5.41, 5.74) is 1.67. The molecule has 1 aromatic carbocycles. The number of nitrogens with zero attached hydrogens (tertiary/aromatic N) is 1. The SMILES string of the molecule is O=C(CO)N[C@H]1CCC[C@H](NC(=O)c2ccc(-c3cccc(F)c3)nc2)C1. The van der Waals surface area contributed by atoms with Crippen LogP contribution in [0.5, 0.6) is 0 Å². The maximum atomic E-state index is 13.3. The van der Waals surface area contributed by atoms with Crippen LogP contribution in [0.15, 0.2) is 42.6 Å². The molecule has 0 radical (unpaired) electrons. The van der Waals surface area contributed by atoms with Crippen LogP contribution in [-0.4, -0.2) is 40.6 Å². The molecule has 0 unspecified atom stereocenters. The number of benzene rings is 1. The van der Waals surface area contributed by atoms with Gasteiger partial charge in [0.2, 0.25) is 5.91 Å². The van der Waals surface area contributed by atoms with Gasteiger partial charge in [-0.15, -0.1) is 0 Å². The van der Waals surface area contributed by atoms with Crippen LogP contribution in [0.4, 0.5) is 4.39 Å². The van der Waals surface area contributed by atoms with Crippen molar-refractivity contribution >= 4 is 11.8 Å². The average molecular weight is 371 g/mol. The van der Waals surface area contributed by atoms with Crippen LogP contribution in [0.3, 0.4) is 0 Å².